The minimum Gasteiger partial charge on any atom is -0.367 e. The molecular weight excluding hydrogens is 284 g/mol. The topological polar surface area (TPSA) is 52.0 Å². The Balaban J connectivity index is 2.22. The molecule has 4 heteroatoms. The quantitative estimate of drug-likeness (QED) is 0.735. The van der Waals surface area contributed by atoms with E-state index < -0.39 is 0 Å². The van der Waals surface area contributed by atoms with Crippen molar-refractivity contribution in [3.63, 3.8) is 0 Å². The van der Waals surface area contributed by atoms with Gasteiger partial charge >= 0.3 is 0 Å². The third-order valence-corrected chi connectivity index (χ3v) is 3.70. The summed E-state index contributed by atoms with van der Waals surface area (Å²) in [5.41, 5.74) is 11.7. The number of hydrogen-bond donors (Lipinski definition) is 1. The number of halogens is 1. The van der Waals surface area contributed by atoms with E-state index in [0.717, 1.165) is 27.9 Å². The lowest BCUT2D eigenvalue weighted by atomic mass is 9.97. The summed E-state index contributed by atoms with van der Waals surface area (Å²) < 4.78 is 5.21. The average molecular weight is 299 g/mol. The van der Waals surface area contributed by atoms with Crippen molar-refractivity contribution in [1.82, 2.24) is 5.16 Å². The van der Waals surface area contributed by atoms with Crippen LogP contribution in [0.1, 0.15) is 11.1 Å². The van der Waals surface area contributed by atoms with Gasteiger partial charge in [0.25, 0.3) is 0 Å². The van der Waals surface area contributed by atoms with E-state index in [1.165, 1.54) is 5.56 Å². The molecule has 3 nitrogen and oxygen atoms in total. The first-order valence-electron chi connectivity index (χ1n) is 6.65. The van der Waals surface area contributed by atoms with Crippen LogP contribution in [0, 0.1) is 13.8 Å². The van der Waals surface area contributed by atoms with Crippen LogP contribution >= 0.6 is 11.6 Å². The molecule has 0 saturated carbocycles. The number of benzene rings is 2. The number of hydrogen-bond acceptors (Lipinski definition) is 3. The Morgan fingerprint density at radius 1 is 1.10 bits per heavy atom. The van der Waals surface area contributed by atoms with Crippen LogP contribution < -0.4 is 5.73 Å². The van der Waals surface area contributed by atoms with Crippen LogP contribution in [0.3, 0.4) is 0 Å². The Hall–Kier alpha value is -2.26. The number of aryl methyl sites for hydroxylation is 2. The van der Waals surface area contributed by atoms with Gasteiger partial charge in [0.15, 0.2) is 0 Å². The molecule has 21 heavy (non-hydrogen) atoms. The van der Waals surface area contributed by atoms with E-state index in [1.54, 1.807) is 0 Å². The number of aromatic nitrogens is 1. The van der Waals surface area contributed by atoms with Crippen LogP contribution in [0.4, 0.5) is 5.88 Å². The molecule has 0 saturated heterocycles. The summed E-state index contributed by atoms with van der Waals surface area (Å²) in [5, 5.41) is 4.79. The molecule has 3 aromatic rings. The zero-order valence-corrected chi connectivity index (χ0v) is 12.6. The second kappa shape index (κ2) is 5.26. The van der Waals surface area contributed by atoms with Gasteiger partial charge in [-0.3, -0.25) is 0 Å². The zero-order chi connectivity index (χ0) is 15.0. The lowest BCUT2D eigenvalue weighted by molar-refractivity contribution is 0.439. The highest BCUT2D eigenvalue weighted by atomic mass is 35.5. The minimum absolute atomic E-state index is 0.298. The van der Waals surface area contributed by atoms with Gasteiger partial charge in [0.1, 0.15) is 5.69 Å². The van der Waals surface area contributed by atoms with E-state index in [0.29, 0.717) is 10.9 Å². The molecule has 106 valence electrons. The fraction of sp³-hybridized carbons (Fsp3) is 0.118. The molecule has 2 N–H and O–H groups in total. The summed E-state index contributed by atoms with van der Waals surface area (Å²) >= 11 is 6.07. The molecule has 0 atom stereocenters. The van der Waals surface area contributed by atoms with Crippen molar-refractivity contribution >= 4 is 17.5 Å². The Labute approximate surface area is 128 Å². The molecule has 0 spiro atoms. The van der Waals surface area contributed by atoms with Crippen molar-refractivity contribution in [2.45, 2.75) is 13.8 Å². The van der Waals surface area contributed by atoms with E-state index >= 15 is 0 Å². The standard InChI is InChI=1S/C17H15ClN2O/c1-10-6-7-14(11(2)8-10)16-15(17(19)21-20-16)12-4-3-5-13(18)9-12/h3-9H,19H2,1-2H3. The summed E-state index contributed by atoms with van der Waals surface area (Å²) in [6.45, 7) is 4.11. The van der Waals surface area contributed by atoms with Crippen LogP contribution in [-0.2, 0) is 0 Å². The molecular formula is C17H15ClN2O. The van der Waals surface area contributed by atoms with Gasteiger partial charge in [0.05, 0.1) is 5.56 Å². The summed E-state index contributed by atoms with van der Waals surface area (Å²) in [7, 11) is 0. The molecule has 0 bridgehead atoms. The minimum atomic E-state index is 0.298. The van der Waals surface area contributed by atoms with Crippen molar-refractivity contribution in [1.29, 1.82) is 0 Å². The summed E-state index contributed by atoms with van der Waals surface area (Å²) in [6, 6.07) is 13.7. The Morgan fingerprint density at radius 3 is 2.62 bits per heavy atom. The molecule has 0 fully saturated rings. The molecule has 3 rings (SSSR count). The predicted octanol–water partition coefficient (Wildman–Crippen LogP) is 4.86. The van der Waals surface area contributed by atoms with Crippen LogP contribution in [-0.4, -0.2) is 5.16 Å². The van der Waals surface area contributed by atoms with Gasteiger partial charge in [-0.05, 0) is 37.1 Å². The SMILES string of the molecule is Cc1ccc(-c2noc(N)c2-c2cccc(Cl)c2)c(C)c1. The van der Waals surface area contributed by atoms with Gasteiger partial charge in [-0.15, -0.1) is 0 Å². The highest BCUT2D eigenvalue weighted by Crippen LogP contribution is 2.38. The smallest absolute Gasteiger partial charge is 0.230 e. The predicted molar refractivity (Wildman–Crippen MR) is 86.3 cm³/mol. The molecule has 1 aromatic heterocycles. The second-order valence-corrected chi connectivity index (χ2v) is 5.54. The van der Waals surface area contributed by atoms with E-state index in [4.69, 9.17) is 21.9 Å². The number of nitrogen functional groups attached to an aromatic ring is 1. The number of rotatable bonds is 2. The summed E-state index contributed by atoms with van der Waals surface area (Å²) in [5.74, 6) is 0.298. The maximum Gasteiger partial charge on any atom is 0.230 e. The molecule has 0 aliphatic carbocycles. The van der Waals surface area contributed by atoms with Gasteiger partial charge in [-0.25, -0.2) is 0 Å². The van der Waals surface area contributed by atoms with Crippen molar-refractivity contribution in [3.8, 4) is 22.4 Å². The van der Waals surface area contributed by atoms with Gasteiger partial charge in [0.2, 0.25) is 5.88 Å². The van der Waals surface area contributed by atoms with Gasteiger partial charge in [-0.2, -0.15) is 0 Å². The monoisotopic (exact) mass is 298 g/mol. The van der Waals surface area contributed by atoms with Crippen molar-refractivity contribution in [2.75, 3.05) is 5.73 Å². The summed E-state index contributed by atoms with van der Waals surface area (Å²) in [4.78, 5) is 0. The van der Waals surface area contributed by atoms with E-state index in [2.05, 4.69) is 31.1 Å². The first-order chi connectivity index (χ1) is 10.1. The zero-order valence-electron chi connectivity index (χ0n) is 11.9. The van der Waals surface area contributed by atoms with E-state index in [1.807, 2.05) is 30.3 Å². The highest BCUT2D eigenvalue weighted by molar-refractivity contribution is 6.30. The molecule has 0 amide bonds. The Bertz CT molecular complexity index is 808. The van der Waals surface area contributed by atoms with Gasteiger partial charge in [0, 0.05) is 10.6 Å². The lowest BCUT2D eigenvalue weighted by Crippen LogP contribution is -1.90. The van der Waals surface area contributed by atoms with Gasteiger partial charge < -0.3 is 10.3 Å². The van der Waals surface area contributed by atoms with Crippen LogP contribution in [0.5, 0.6) is 0 Å². The third-order valence-electron chi connectivity index (χ3n) is 3.47. The fourth-order valence-corrected chi connectivity index (χ4v) is 2.68. The van der Waals surface area contributed by atoms with Crippen molar-refractivity contribution in [3.05, 3.63) is 58.6 Å². The number of nitrogens with two attached hydrogens (primary N) is 1. The largest absolute Gasteiger partial charge is 0.367 e. The van der Waals surface area contributed by atoms with E-state index in [-0.39, 0.29) is 0 Å². The van der Waals surface area contributed by atoms with Gasteiger partial charge in [-0.1, -0.05) is 52.7 Å². The number of anilines is 1. The molecule has 0 aliphatic heterocycles. The summed E-state index contributed by atoms with van der Waals surface area (Å²) in [6.07, 6.45) is 0. The van der Waals surface area contributed by atoms with Crippen LogP contribution in [0.25, 0.3) is 22.4 Å². The first kappa shape index (κ1) is 13.7. The highest BCUT2D eigenvalue weighted by Gasteiger charge is 2.18. The maximum atomic E-state index is 6.07. The average Bonchev–Trinajstić information content (AvgIpc) is 2.80. The molecule has 0 unspecified atom stereocenters. The maximum absolute atomic E-state index is 6.07. The normalized spacial score (nSPS) is 10.8. The Morgan fingerprint density at radius 2 is 1.90 bits per heavy atom. The molecule has 1 heterocycles. The van der Waals surface area contributed by atoms with Crippen molar-refractivity contribution in [2.24, 2.45) is 0 Å². The Kier molecular flexibility index (Phi) is 3.43. The molecule has 0 radical (unpaired) electrons. The first-order valence-corrected chi connectivity index (χ1v) is 7.03. The van der Waals surface area contributed by atoms with Crippen LogP contribution in [0.2, 0.25) is 5.02 Å². The van der Waals surface area contributed by atoms with E-state index in [9.17, 15) is 0 Å². The van der Waals surface area contributed by atoms with Crippen LogP contribution in [0.15, 0.2) is 47.0 Å². The third kappa shape index (κ3) is 2.52. The molecule has 2 aromatic carbocycles. The second-order valence-electron chi connectivity index (χ2n) is 5.10. The fourth-order valence-electron chi connectivity index (χ4n) is 2.49. The number of nitrogens with zero attached hydrogens (tertiary/aromatic N) is 1. The molecule has 0 aliphatic rings. The lowest BCUT2D eigenvalue weighted by Gasteiger charge is -2.07. The van der Waals surface area contributed by atoms with Crippen molar-refractivity contribution < 1.29 is 4.52 Å².